The van der Waals surface area contributed by atoms with Gasteiger partial charge in [-0.05, 0) is 31.0 Å². The summed E-state index contributed by atoms with van der Waals surface area (Å²) in [4.78, 5) is 11.6. The minimum absolute atomic E-state index is 0.0715. The van der Waals surface area contributed by atoms with Crippen molar-refractivity contribution in [2.24, 2.45) is 5.14 Å². The van der Waals surface area contributed by atoms with E-state index >= 15 is 0 Å². The van der Waals surface area contributed by atoms with Gasteiger partial charge in [-0.3, -0.25) is 4.79 Å². The van der Waals surface area contributed by atoms with E-state index in [1.807, 2.05) is 0 Å². The van der Waals surface area contributed by atoms with Gasteiger partial charge in [0.2, 0.25) is 10.0 Å². The fraction of sp³-hybridized carbons (Fsp3) is 0.462. The van der Waals surface area contributed by atoms with E-state index < -0.39 is 10.0 Å². The minimum atomic E-state index is -3.91. The summed E-state index contributed by atoms with van der Waals surface area (Å²) in [6.07, 6.45) is 4.20. The second-order valence-corrected chi connectivity index (χ2v) is 7.42. The Labute approximate surface area is 132 Å². The lowest BCUT2D eigenvalue weighted by molar-refractivity contribution is -0.123. The highest BCUT2D eigenvalue weighted by atomic mass is 79.9. The first-order valence-corrected chi connectivity index (χ1v) is 8.95. The van der Waals surface area contributed by atoms with E-state index in [4.69, 9.17) is 9.88 Å². The van der Waals surface area contributed by atoms with Gasteiger partial charge in [-0.1, -0.05) is 28.8 Å². The van der Waals surface area contributed by atoms with E-state index in [0.29, 0.717) is 4.47 Å². The Morgan fingerprint density at radius 3 is 2.67 bits per heavy atom. The fourth-order valence-corrected chi connectivity index (χ4v) is 3.52. The summed E-state index contributed by atoms with van der Waals surface area (Å²) >= 11 is 3.17. The second kappa shape index (κ2) is 6.76. The maximum absolute atomic E-state index is 11.8. The van der Waals surface area contributed by atoms with Gasteiger partial charge >= 0.3 is 0 Å². The van der Waals surface area contributed by atoms with E-state index in [1.165, 1.54) is 12.1 Å². The number of amides is 1. The van der Waals surface area contributed by atoms with Gasteiger partial charge < -0.3 is 10.1 Å². The average molecular weight is 377 g/mol. The van der Waals surface area contributed by atoms with Crippen molar-refractivity contribution in [2.75, 3.05) is 6.61 Å². The van der Waals surface area contributed by atoms with E-state index in [-0.39, 0.29) is 29.2 Å². The van der Waals surface area contributed by atoms with Crippen LogP contribution in [-0.2, 0) is 14.8 Å². The predicted molar refractivity (Wildman–Crippen MR) is 81.4 cm³/mol. The first kappa shape index (κ1) is 16.3. The molecule has 1 aliphatic rings. The largest absolute Gasteiger partial charge is 0.482 e. The van der Waals surface area contributed by atoms with Crippen molar-refractivity contribution in [1.82, 2.24) is 5.32 Å². The monoisotopic (exact) mass is 376 g/mol. The molecule has 0 aliphatic heterocycles. The predicted octanol–water partition coefficient (Wildman–Crippen LogP) is 1.53. The number of nitrogens with one attached hydrogen (secondary N) is 1. The number of ether oxygens (including phenoxy) is 1. The Morgan fingerprint density at radius 1 is 1.38 bits per heavy atom. The van der Waals surface area contributed by atoms with Gasteiger partial charge in [-0.2, -0.15) is 0 Å². The van der Waals surface area contributed by atoms with Gasteiger partial charge in [0.15, 0.2) is 6.61 Å². The van der Waals surface area contributed by atoms with Crippen LogP contribution in [-0.4, -0.2) is 27.0 Å². The zero-order chi connectivity index (χ0) is 15.5. The summed E-state index contributed by atoms with van der Waals surface area (Å²) < 4.78 is 28.9. The molecule has 6 nitrogen and oxygen atoms in total. The van der Waals surface area contributed by atoms with E-state index in [1.54, 1.807) is 6.07 Å². The van der Waals surface area contributed by atoms with Gasteiger partial charge in [0.25, 0.3) is 5.91 Å². The lowest BCUT2D eigenvalue weighted by Crippen LogP contribution is -2.36. The van der Waals surface area contributed by atoms with Gasteiger partial charge in [0, 0.05) is 10.5 Å². The van der Waals surface area contributed by atoms with Crippen molar-refractivity contribution in [2.45, 2.75) is 36.6 Å². The van der Waals surface area contributed by atoms with E-state index in [2.05, 4.69) is 21.2 Å². The molecule has 0 radical (unpaired) electrons. The Balaban J connectivity index is 2.01. The van der Waals surface area contributed by atoms with Crippen molar-refractivity contribution in [3.63, 3.8) is 0 Å². The maximum Gasteiger partial charge on any atom is 0.258 e. The Hall–Kier alpha value is -1.12. The normalized spacial score (nSPS) is 15.9. The second-order valence-electron chi connectivity index (χ2n) is 4.97. The highest BCUT2D eigenvalue weighted by molar-refractivity contribution is 9.10. The highest BCUT2D eigenvalue weighted by Crippen LogP contribution is 2.26. The number of rotatable bonds is 5. The molecular formula is C13H17BrN2O4S. The van der Waals surface area contributed by atoms with Gasteiger partial charge in [-0.25, -0.2) is 13.6 Å². The molecule has 1 aromatic rings. The standard InChI is InChI=1S/C13H17BrN2O4S/c14-9-5-6-11(12(7-9)21(15,18)19)20-8-13(17)16-10-3-1-2-4-10/h5-7,10H,1-4,8H2,(H,16,17)(H2,15,18,19). The molecular weight excluding hydrogens is 360 g/mol. The molecule has 1 aromatic carbocycles. The molecule has 1 fully saturated rings. The average Bonchev–Trinajstić information content (AvgIpc) is 2.89. The van der Waals surface area contributed by atoms with Crippen LogP contribution in [0.3, 0.4) is 0 Å². The van der Waals surface area contributed by atoms with Crippen LogP contribution < -0.4 is 15.2 Å². The SMILES string of the molecule is NS(=O)(=O)c1cc(Br)ccc1OCC(=O)NC1CCCC1. The number of hydrogen-bond acceptors (Lipinski definition) is 4. The van der Waals surface area contributed by atoms with Crippen LogP contribution >= 0.6 is 15.9 Å². The molecule has 8 heteroatoms. The zero-order valence-electron chi connectivity index (χ0n) is 11.3. The molecule has 21 heavy (non-hydrogen) atoms. The molecule has 0 atom stereocenters. The molecule has 1 saturated carbocycles. The van der Waals surface area contributed by atoms with Crippen LogP contribution in [0, 0.1) is 0 Å². The van der Waals surface area contributed by atoms with Crippen molar-refractivity contribution >= 4 is 31.9 Å². The summed E-state index contributed by atoms with van der Waals surface area (Å²) in [6, 6.07) is 4.63. The van der Waals surface area contributed by atoms with E-state index in [0.717, 1.165) is 25.7 Å². The molecule has 2 rings (SSSR count). The van der Waals surface area contributed by atoms with Crippen LogP contribution in [0.2, 0.25) is 0 Å². The number of benzene rings is 1. The topological polar surface area (TPSA) is 98.5 Å². The maximum atomic E-state index is 11.8. The smallest absolute Gasteiger partial charge is 0.258 e. The summed E-state index contributed by atoms with van der Waals surface area (Å²) in [5.74, 6) is -0.188. The Morgan fingerprint density at radius 2 is 2.05 bits per heavy atom. The minimum Gasteiger partial charge on any atom is -0.482 e. The molecule has 3 N–H and O–H groups in total. The van der Waals surface area contributed by atoms with E-state index in [9.17, 15) is 13.2 Å². The fourth-order valence-electron chi connectivity index (χ4n) is 2.31. The lowest BCUT2D eigenvalue weighted by Gasteiger charge is -2.14. The van der Waals surface area contributed by atoms with Crippen LogP contribution in [0.4, 0.5) is 0 Å². The number of carbonyl (C=O) groups is 1. The first-order chi connectivity index (χ1) is 9.86. The third-order valence-electron chi connectivity index (χ3n) is 3.29. The summed E-state index contributed by atoms with van der Waals surface area (Å²) in [5.41, 5.74) is 0. The number of primary sulfonamides is 1. The molecule has 116 valence electrons. The Bertz CT molecular complexity index is 627. The molecule has 0 saturated heterocycles. The zero-order valence-corrected chi connectivity index (χ0v) is 13.7. The van der Waals surface area contributed by atoms with Gasteiger partial charge in [0.05, 0.1) is 0 Å². The van der Waals surface area contributed by atoms with Crippen molar-refractivity contribution in [3.05, 3.63) is 22.7 Å². The Kier molecular flexibility index (Phi) is 5.23. The number of halogens is 1. The first-order valence-electron chi connectivity index (χ1n) is 6.61. The summed E-state index contributed by atoms with van der Waals surface area (Å²) in [7, 11) is -3.91. The van der Waals surface area contributed by atoms with Crippen molar-refractivity contribution in [3.8, 4) is 5.75 Å². The van der Waals surface area contributed by atoms with Crippen molar-refractivity contribution < 1.29 is 17.9 Å². The number of hydrogen-bond donors (Lipinski definition) is 2. The summed E-state index contributed by atoms with van der Waals surface area (Å²) in [5, 5.41) is 8.00. The van der Waals surface area contributed by atoms with Gasteiger partial charge in [-0.15, -0.1) is 0 Å². The van der Waals surface area contributed by atoms with Crippen LogP contribution in [0.5, 0.6) is 5.75 Å². The third kappa shape index (κ3) is 4.69. The molecule has 1 amide bonds. The lowest BCUT2D eigenvalue weighted by atomic mass is 10.2. The number of sulfonamides is 1. The molecule has 0 unspecified atom stereocenters. The number of carbonyl (C=O) groups excluding carboxylic acids is 1. The molecule has 1 aliphatic carbocycles. The van der Waals surface area contributed by atoms with Crippen LogP contribution in [0.15, 0.2) is 27.6 Å². The molecule has 0 aromatic heterocycles. The number of nitrogens with two attached hydrogens (primary N) is 1. The third-order valence-corrected chi connectivity index (χ3v) is 4.72. The van der Waals surface area contributed by atoms with Gasteiger partial charge in [0.1, 0.15) is 10.6 Å². The highest BCUT2D eigenvalue weighted by Gasteiger charge is 2.19. The molecule has 0 bridgehead atoms. The summed E-state index contributed by atoms with van der Waals surface area (Å²) in [6.45, 7) is -0.235. The quantitative estimate of drug-likeness (QED) is 0.813. The molecule has 0 heterocycles. The van der Waals surface area contributed by atoms with Crippen LogP contribution in [0.25, 0.3) is 0 Å². The molecule has 0 spiro atoms. The van der Waals surface area contributed by atoms with Crippen LogP contribution in [0.1, 0.15) is 25.7 Å². The van der Waals surface area contributed by atoms with Crippen molar-refractivity contribution in [1.29, 1.82) is 0 Å².